The number of hydrazine groups is 1. The van der Waals surface area contributed by atoms with Crippen LogP contribution in [0.3, 0.4) is 0 Å². The third kappa shape index (κ3) is 10.3. The van der Waals surface area contributed by atoms with E-state index in [1.165, 1.54) is 24.4 Å². The zero-order valence-electron chi connectivity index (χ0n) is 28.6. The van der Waals surface area contributed by atoms with Crippen molar-refractivity contribution >= 4 is 34.8 Å². The average molecular weight is 708 g/mol. The molecule has 2 fully saturated rings. The molecule has 0 saturated carbocycles. The first-order valence-electron chi connectivity index (χ1n) is 17.0. The molecule has 0 radical (unpaired) electrons. The number of piperidine rings is 1. The van der Waals surface area contributed by atoms with Gasteiger partial charge in [0.2, 0.25) is 0 Å². The van der Waals surface area contributed by atoms with Crippen LogP contribution >= 0.6 is 0 Å². The summed E-state index contributed by atoms with van der Waals surface area (Å²) in [7, 11) is 1.73. The summed E-state index contributed by atoms with van der Waals surface area (Å²) in [5.74, 6) is 4.78. The van der Waals surface area contributed by atoms with E-state index in [9.17, 15) is 27.6 Å². The first-order chi connectivity index (χ1) is 24.5. The number of rotatable bonds is 12. The Morgan fingerprint density at radius 3 is 2.37 bits per heavy atom. The second kappa shape index (κ2) is 17.3. The number of carbonyl (C=O) groups is 3. The van der Waals surface area contributed by atoms with Gasteiger partial charge in [-0.2, -0.15) is 13.2 Å². The molecule has 11 nitrogen and oxygen atoms in total. The molecule has 5 rings (SSSR count). The number of morpholine rings is 1. The Balaban J connectivity index is 1.26. The molecule has 0 aliphatic carbocycles. The summed E-state index contributed by atoms with van der Waals surface area (Å²) in [5.41, 5.74) is 1.29. The van der Waals surface area contributed by atoms with Gasteiger partial charge in [0.1, 0.15) is 0 Å². The van der Waals surface area contributed by atoms with Gasteiger partial charge in [0.25, 0.3) is 17.7 Å². The molecule has 2 aliphatic heterocycles. The number of anilines is 3. The molecule has 0 bridgehead atoms. The summed E-state index contributed by atoms with van der Waals surface area (Å²) in [6, 6.07) is 16.3. The standard InChI is InChI=1S/C37H44F3N7O4/c1-44(18-19-45-20-22-51-23-21-45)36(50)28-9-5-8-27(24-28)34(48)43-33-13-12-30(46-15-3-2-4-16-46)26-32(33)35(49)42-14-7-17-47(41)31-11-6-10-29(25-31)37(38,39)40/h5-13,17,24-26H,2-4,14-16,18-23,41H2,1H3,(H,42,49)(H,43,48)/b17-7-. The first-order valence-corrected chi connectivity index (χ1v) is 17.0. The Morgan fingerprint density at radius 1 is 0.902 bits per heavy atom. The molecule has 51 heavy (non-hydrogen) atoms. The normalized spacial score (nSPS) is 15.4. The Labute approximate surface area is 295 Å². The van der Waals surface area contributed by atoms with Crippen molar-refractivity contribution in [3.05, 3.63) is 101 Å². The lowest BCUT2D eigenvalue weighted by molar-refractivity contribution is -0.137. The van der Waals surface area contributed by atoms with Gasteiger partial charge in [-0.3, -0.25) is 24.3 Å². The van der Waals surface area contributed by atoms with Crippen LogP contribution in [0.5, 0.6) is 0 Å². The van der Waals surface area contributed by atoms with E-state index in [2.05, 4.69) is 20.4 Å². The number of likely N-dealkylation sites (N-methyl/N-ethyl adjacent to an activating group) is 1. The molecule has 2 aliphatic rings. The van der Waals surface area contributed by atoms with E-state index >= 15 is 0 Å². The monoisotopic (exact) mass is 707 g/mol. The van der Waals surface area contributed by atoms with Gasteiger partial charge in [0.15, 0.2) is 0 Å². The maximum absolute atomic E-state index is 13.5. The summed E-state index contributed by atoms with van der Waals surface area (Å²) >= 11 is 0. The van der Waals surface area contributed by atoms with Crippen LogP contribution in [-0.4, -0.2) is 93.6 Å². The molecule has 2 saturated heterocycles. The molecule has 0 atom stereocenters. The summed E-state index contributed by atoms with van der Waals surface area (Å²) in [4.78, 5) is 46.3. The summed E-state index contributed by atoms with van der Waals surface area (Å²) in [6.45, 7) is 5.95. The number of alkyl halides is 3. The van der Waals surface area contributed by atoms with E-state index in [1.54, 1.807) is 48.3 Å². The molecule has 2 heterocycles. The number of halogens is 3. The van der Waals surface area contributed by atoms with Crippen molar-refractivity contribution in [1.82, 2.24) is 15.1 Å². The fourth-order valence-electron chi connectivity index (χ4n) is 5.95. The lowest BCUT2D eigenvalue weighted by Crippen LogP contribution is -2.41. The van der Waals surface area contributed by atoms with Crippen molar-refractivity contribution in [1.29, 1.82) is 0 Å². The second-order valence-electron chi connectivity index (χ2n) is 12.5. The van der Waals surface area contributed by atoms with Crippen LogP contribution in [0.25, 0.3) is 0 Å². The maximum Gasteiger partial charge on any atom is 0.416 e. The third-order valence-electron chi connectivity index (χ3n) is 8.91. The van der Waals surface area contributed by atoms with Gasteiger partial charge in [0.05, 0.1) is 35.7 Å². The van der Waals surface area contributed by atoms with Gasteiger partial charge < -0.3 is 25.2 Å². The van der Waals surface area contributed by atoms with Gasteiger partial charge in [-0.05, 0) is 79.9 Å². The highest BCUT2D eigenvalue weighted by Gasteiger charge is 2.30. The fourth-order valence-corrected chi connectivity index (χ4v) is 5.95. The largest absolute Gasteiger partial charge is 0.416 e. The topological polar surface area (TPSA) is 123 Å². The van der Waals surface area contributed by atoms with E-state index in [0.29, 0.717) is 25.3 Å². The van der Waals surface area contributed by atoms with Gasteiger partial charge in [-0.1, -0.05) is 12.1 Å². The highest BCUT2D eigenvalue weighted by molar-refractivity contribution is 6.10. The summed E-state index contributed by atoms with van der Waals surface area (Å²) < 4.78 is 44.8. The molecule has 3 amide bonds. The second-order valence-corrected chi connectivity index (χ2v) is 12.5. The van der Waals surface area contributed by atoms with Crippen molar-refractivity contribution in [2.75, 3.05) is 81.3 Å². The Bertz CT molecular complexity index is 1710. The van der Waals surface area contributed by atoms with Crippen LogP contribution < -0.4 is 26.4 Å². The van der Waals surface area contributed by atoms with E-state index in [1.807, 2.05) is 6.07 Å². The van der Waals surface area contributed by atoms with Crippen LogP contribution in [0.1, 0.15) is 55.9 Å². The van der Waals surface area contributed by atoms with E-state index in [-0.39, 0.29) is 35.0 Å². The Kier molecular flexibility index (Phi) is 12.7. The zero-order valence-corrected chi connectivity index (χ0v) is 28.6. The van der Waals surface area contributed by atoms with E-state index in [4.69, 9.17) is 10.6 Å². The molecule has 0 spiro atoms. The smallest absolute Gasteiger partial charge is 0.379 e. The van der Waals surface area contributed by atoms with Crippen molar-refractivity contribution in [3.8, 4) is 0 Å². The minimum Gasteiger partial charge on any atom is -0.379 e. The molecule has 14 heteroatoms. The summed E-state index contributed by atoms with van der Waals surface area (Å²) in [6.07, 6.45) is 1.55. The van der Waals surface area contributed by atoms with Gasteiger partial charge in [-0.25, -0.2) is 5.84 Å². The number of carbonyl (C=O) groups excluding carboxylic acids is 3. The van der Waals surface area contributed by atoms with E-state index in [0.717, 1.165) is 74.8 Å². The van der Waals surface area contributed by atoms with Crippen molar-refractivity contribution < 1.29 is 32.3 Å². The maximum atomic E-state index is 13.5. The quantitative estimate of drug-likeness (QED) is 0.178. The molecule has 0 aromatic heterocycles. The highest BCUT2D eigenvalue weighted by Crippen LogP contribution is 2.31. The number of ether oxygens (including phenoxy) is 1. The number of nitrogens with two attached hydrogens (primary N) is 1. The minimum atomic E-state index is -4.51. The zero-order chi connectivity index (χ0) is 36.4. The number of nitrogens with one attached hydrogen (secondary N) is 2. The summed E-state index contributed by atoms with van der Waals surface area (Å²) in [5, 5.41) is 6.66. The minimum absolute atomic E-state index is 0.00996. The molecular weight excluding hydrogens is 663 g/mol. The predicted octanol–water partition coefficient (Wildman–Crippen LogP) is 4.98. The highest BCUT2D eigenvalue weighted by atomic mass is 19.4. The van der Waals surface area contributed by atoms with Crippen LogP contribution in [0.15, 0.2) is 79.0 Å². The third-order valence-corrected chi connectivity index (χ3v) is 8.91. The molecule has 0 unspecified atom stereocenters. The molecule has 272 valence electrons. The fraction of sp³-hybridized carbons (Fsp3) is 0.378. The molecule has 3 aromatic rings. The van der Waals surface area contributed by atoms with Crippen molar-refractivity contribution in [2.45, 2.75) is 25.4 Å². The SMILES string of the molecule is CN(CCN1CCOCC1)C(=O)c1cccc(C(=O)Nc2ccc(N3CCCCC3)cc2C(=O)NC/C=C\N(N)c2cccc(C(F)(F)F)c2)c1. The van der Waals surface area contributed by atoms with Crippen LogP contribution in [0.2, 0.25) is 0 Å². The molecule has 3 aromatic carbocycles. The number of amides is 3. The number of benzene rings is 3. The van der Waals surface area contributed by atoms with E-state index < -0.39 is 23.6 Å². The average Bonchev–Trinajstić information content (AvgIpc) is 3.15. The van der Waals surface area contributed by atoms with Gasteiger partial charge in [0, 0.05) is 75.9 Å². The first kappa shape index (κ1) is 37.3. The van der Waals surface area contributed by atoms with Gasteiger partial charge >= 0.3 is 6.18 Å². The number of hydrogen-bond acceptors (Lipinski definition) is 8. The van der Waals surface area contributed by atoms with Crippen molar-refractivity contribution in [3.63, 3.8) is 0 Å². The Morgan fingerprint density at radius 2 is 1.63 bits per heavy atom. The van der Waals surface area contributed by atoms with Crippen LogP contribution in [0, 0.1) is 0 Å². The Hall–Kier alpha value is -4.92. The van der Waals surface area contributed by atoms with Crippen molar-refractivity contribution in [2.24, 2.45) is 5.84 Å². The number of nitrogens with zero attached hydrogens (tertiary/aromatic N) is 4. The molecule has 4 N–H and O–H groups in total. The van der Waals surface area contributed by atoms with Crippen LogP contribution in [0.4, 0.5) is 30.2 Å². The lowest BCUT2D eigenvalue weighted by atomic mass is 10.1. The number of hydrogen-bond donors (Lipinski definition) is 3. The predicted molar refractivity (Wildman–Crippen MR) is 191 cm³/mol. The lowest BCUT2D eigenvalue weighted by Gasteiger charge is -2.29. The van der Waals surface area contributed by atoms with Crippen LogP contribution in [-0.2, 0) is 10.9 Å². The van der Waals surface area contributed by atoms with Gasteiger partial charge in [-0.15, -0.1) is 0 Å². The molecular formula is C37H44F3N7O4.